The van der Waals surface area contributed by atoms with Crippen molar-refractivity contribution in [2.24, 2.45) is 0 Å². The van der Waals surface area contributed by atoms with Crippen molar-refractivity contribution in [3.8, 4) is 0 Å². The van der Waals surface area contributed by atoms with Crippen LogP contribution in [0.5, 0.6) is 0 Å². The Kier molecular flexibility index (Phi) is 4.75. The number of non-ortho nitro benzene ring substituents is 1. The van der Waals surface area contributed by atoms with Gasteiger partial charge in [-0.25, -0.2) is 8.42 Å². The first-order valence-electron chi connectivity index (χ1n) is 6.66. The Morgan fingerprint density at radius 2 is 1.78 bits per heavy atom. The van der Waals surface area contributed by atoms with Gasteiger partial charge in [0.25, 0.3) is 5.69 Å². The van der Waals surface area contributed by atoms with Crippen molar-refractivity contribution in [1.82, 2.24) is 0 Å². The molecule has 2 aromatic rings. The molecule has 0 aliphatic heterocycles. The van der Waals surface area contributed by atoms with Crippen LogP contribution in [0.1, 0.15) is 6.92 Å². The second-order valence-electron chi connectivity index (χ2n) is 4.80. The molecule has 1 atom stereocenters. The minimum atomic E-state index is -3.83. The predicted octanol–water partition coefficient (Wildman–Crippen LogP) is 2.40. The summed E-state index contributed by atoms with van der Waals surface area (Å²) in [7, 11) is -3.83. The molecule has 0 aromatic heterocycles. The van der Waals surface area contributed by atoms with Gasteiger partial charge in [-0.3, -0.25) is 14.9 Å². The Hall–Kier alpha value is -2.74. The van der Waals surface area contributed by atoms with Crippen molar-refractivity contribution in [3.05, 3.63) is 64.7 Å². The summed E-state index contributed by atoms with van der Waals surface area (Å²) in [4.78, 5) is 22.3. The minimum Gasteiger partial charge on any atom is -0.325 e. The van der Waals surface area contributed by atoms with E-state index in [1.807, 2.05) is 0 Å². The van der Waals surface area contributed by atoms with Crippen molar-refractivity contribution < 1.29 is 18.1 Å². The summed E-state index contributed by atoms with van der Waals surface area (Å²) >= 11 is 0. The van der Waals surface area contributed by atoms with Gasteiger partial charge < -0.3 is 5.32 Å². The Balaban J connectivity index is 2.21. The maximum Gasteiger partial charge on any atom is 0.271 e. The normalized spacial score (nSPS) is 12.4. The molecule has 0 aliphatic rings. The molecule has 0 radical (unpaired) electrons. The van der Waals surface area contributed by atoms with E-state index in [0.29, 0.717) is 0 Å². The van der Waals surface area contributed by atoms with Gasteiger partial charge in [0.15, 0.2) is 9.84 Å². The second-order valence-corrected chi connectivity index (χ2v) is 7.07. The van der Waals surface area contributed by atoms with Crippen LogP contribution in [-0.4, -0.2) is 24.5 Å². The largest absolute Gasteiger partial charge is 0.325 e. The van der Waals surface area contributed by atoms with Gasteiger partial charge >= 0.3 is 0 Å². The van der Waals surface area contributed by atoms with Crippen molar-refractivity contribution >= 4 is 27.1 Å². The third kappa shape index (κ3) is 3.72. The molecule has 0 saturated heterocycles. The molecule has 7 nitrogen and oxygen atoms in total. The van der Waals surface area contributed by atoms with Crippen LogP contribution in [0.15, 0.2) is 59.5 Å². The highest BCUT2D eigenvalue weighted by Crippen LogP contribution is 2.20. The van der Waals surface area contributed by atoms with Gasteiger partial charge in [-0.1, -0.05) is 24.3 Å². The standard InChI is InChI=1S/C15H14N2O5S/c1-11(23(21,22)14-8-3-2-4-9-14)15(18)16-12-6-5-7-13(10-12)17(19)20/h2-11H,1H3,(H,16,18). The molecule has 2 aromatic carbocycles. The van der Waals surface area contributed by atoms with Crippen molar-refractivity contribution in [2.45, 2.75) is 17.1 Å². The maximum absolute atomic E-state index is 12.4. The lowest BCUT2D eigenvalue weighted by Gasteiger charge is -2.13. The molecule has 1 N–H and O–H groups in total. The third-order valence-electron chi connectivity index (χ3n) is 3.23. The number of hydrogen-bond donors (Lipinski definition) is 1. The van der Waals surface area contributed by atoms with Crippen LogP contribution in [0, 0.1) is 10.1 Å². The molecule has 2 rings (SSSR count). The fourth-order valence-corrected chi connectivity index (χ4v) is 3.18. The quantitative estimate of drug-likeness (QED) is 0.667. The summed E-state index contributed by atoms with van der Waals surface area (Å²) in [6.45, 7) is 1.27. The van der Waals surface area contributed by atoms with Gasteiger partial charge in [0, 0.05) is 17.8 Å². The first-order chi connectivity index (χ1) is 10.8. The average Bonchev–Trinajstić information content (AvgIpc) is 2.55. The van der Waals surface area contributed by atoms with E-state index in [1.165, 1.54) is 43.3 Å². The predicted molar refractivity (Wildman–Crippen MR) is 84.8 cm³/mol. The molecule has 8 heteroatoms. The number of carbonyl (C=O) groups excluding carboxylic acids is 1. The zero-order chi connectivity index (χ0) is 17.0. The summed E-state index contributed by atoms with van der Waals surface area (Å²) in [6.07, 6.45) is 0. The van der Waals surface area contributed by atoms with Gasteiger partial charge in [-0.05, 0) is 25.1 Å². The second kappa shape index (κ2) is 6.57. The lowest BCUT2D eigenvalue weighted by Crippen LogP contribution is -2.32. The molecule has 0 aliphatic carbocycles. The molecule has 1 unspecified atom stereocenters. The average molecular weight is 334 g/mol. The Bertz CT molecular complexity index is 834. The molecule has 1 amide bonds. The lowest BCUT2D eigenvalue weighted by molar-refractivity contribution is -0.384. The van der Waals surface area contributed by atoms with E-state index in [-0.39, 0.29) is 16.3 Å². The zero-order valence-electron chi connectivity index (χ0n) is 12.2. The highest BCUT2D eigenvalue weighted by Gasteiger charge is 2.29. The van der Waals surface area contributed by atoms with Crippen molar-refractivity contribution in [1.29, 1.82) is 0 Å². The summed E-state index contributed by atoms with van der Waals surface area (Å²) in [5, 5.41) is 11.8. The fourth-order valence-electron chi connectivity index (χ4n) is 1.90. The van der Waals surface area contributed by atoms with Crippen LogP contribution < -0.4 is 5.32 Å². The summed E-state index contributed by atoms with van der Waals surface area (Å²) in [5.41, 5.74) is -0.0271. The number of sulfone groups is 1. The van der Waals surface area contributed by atoms with Crippen molar-refractivity contribution in [2.75, 3.05) is 5.32 Å². The Morgan fingerprint density at radius 3 is 2.39 bits per heavy atom. The molecular weight excluding hydrogens is 320 g/mol. The summed E-state index contributed by atoms with van der Waals surface area (Å²) in [6, 6.07) is 12.9. The first kappa shape index (κ1) is 16.6. The number of rotatable bonds is 5. The van der Waals surface area contributed by atoms with Crippen LogP contribution in [0.2, 0.25) is 0 Å². The molecule has 0 spiro atoms. The topological polar surface area (TPSA) is 106 Å². The number of nitro benzene ring substituents is 1. The lowest BCUT2D eigenvalue weighted by atomic mass is 10.2. The highest BCUT2D eigenvalue weighted by atomic mass is 32.2. The van der Waals surface area contributed by atoms with E-state index < -0.39 is 25.9 Å². The van der Waals surface area contributed by atoms with E-state index >= 15 is 0 Å². The number of nitrogens with one attached hydrogen (secondary N) is 1. The number of benzene rings is 2. The van der Waals surface area contributed by atoms with Crippen LogP contribution >= 0.6 is 0 Å². The summed E-state index contributed by atoms with van der Waals surface area (Å²) in [5.74, 6) is -0.755. The van der Waals surface area contributed by atoms with E-state index in [1.54, 1.807) is 18.2 Å². The number of carbonyl (C=O) groups is 1. The summed E-state index contributed by atoms with van der Waals surface area (Å²) < 4.78 is 24.7. The smallest absolute Gasteiger partial charge is 0.271 e. The van der Waals surface area contributed by atoms with Gasteiger partial charge in [0.2, 0.25) is 5.91 Å². The van der Waals surface area contributed by atoms with Crippen molar-refractivity contribution in [3.63, 3.8) is 0 Å². The molecule has 0 heterocycles. The van der Waals surface area contributed by atoms with Gasteiger partial charge in [0.1, 0.15) is 5.25 Å². The third-order valence-corrected chi connectivity index (χ3v) is 5.31. The molecular formula is C15H14N2O5S. The van der Waals surface area contributed by atoms with Crippen LogP contribution in [0.25, 0.3) is 0 Å². The molecule has 120 valence electrons. The maximum atomic E-state index is 12.4. The molecule has 0 fully saturated rings. The number of hydrogen-bond acceptors (Lipinski definition) is 5. The highest BCUT2D eigenvalue weighted by molar-refractivity contribution is 7.92. The monoisotopic (exact) mass is 334 g/mol. The Morgan fingerprint density at radius 1 is 1.13 bits per heavy atom. The van der Waals surface area contributed by atoms with Crippen LogP contribution in [0.4, 0.5) is 11.4 Å². The van der Waals surface area contributed by atoms with E-state index in [4.69, 9.17) is 0 Å². The Labute approximate surface area is 133 Å². The SMILES string of the molecule is CC(C(=O)Nc1cccc([N+](=O)[O-])c1)S(=O)(=O)c1ccccc1. The number of nitro groups is 1. The van der Waals surface area contributed by atoms with E-state index in [2.05, 4.69) is 5.32 Å². The van der Waals surface area contributed by atoms with Gasteiger partial charge in [-0.15, -0.1) is 0 Å². The zero-order valence-corrected chi connectivity index (χ0v) is 13.0. The molecule has 0 saturated carbocycles. The number of nitrogens with zero attached hydrogens (tertiary/aromatic N) is 1. The first-order valence-corrected chi connectivity index (χ1v) is 8.21. The van der Waals surface area contributed by atoms with Gasteiger partial charge in [0.05, 0.1) is 9.82 Å². The number of amides is 1. The van der Waals surface area contributed by atoms with E-state index in [0.717, 1.165) is 0 Å². The number of anilines is 1. The van der Waals surface area contributed by atoms with E-state index in [9.17, 15) is 23.3 Å². The fraction of sp³-hybridized carbons (Fsp3) is 0.133. The molecule has 0 bridgehead atoms. The minimum absolute atomic E-state index is 0.0432. The van der Waals surface area contributed by atoms with Crippen LogP contribution in [-0.2, 0) is 14.6 Å². The van der Waals surface area contributed by atoms with Gasteiger partial charge in [-0.2, -0.15) is 0 Å². The molecule has 23 heavy (non-hydrogen) atoms. The van der Waals surface area contributed by atoms with Crippen LogP contribution in [0.3, 0.4) is 0 Å².